The molecule has 3 aromatic carbocycles. The Hall–Kier alpha value is -2.60. The molecule has 2 fully saturated rings. The summed E-state index contributed by atoms with van der Waals surface area (Å²) < 4.78 is 0. The van der Waals surface area contributed by atoms with Gasteiger partial charge in [0.1, 0.15) is 0 Å². The van der Waals surface area contributed by atoms with Crippen molar-refractivity contribution >= 4 is 5.57 Å². The first-order valence-corrected chi connectivity index (χ1v) is 12.7. The molecular weight excluding hydrogens is 384 g/mol. The van der Waals surface area contributed by atoms with Crippen LogP contribution in [0.2, 0.25) is 0 Å². The molecule has 0 bridgehead atoms. The van der Waals surface area contributed by atoms with Gasteiger partial charge in [0.15, 0.2) is 0 Å². The first-order chi connectivity index (χ1) is 15.7. The number of hydrogen-bond acceptors (Lipinski definition) is 0. The summed E-state index contributed by atoms with van der Waals surface area (Å²) in [4.78, 5) is 0. The Morgan fingerprint density at radius 1 is 0.781 bits per heavy atom. The van der Waals surface area contributed by atoms with Gasteiger partial charge < -0.3 is 0 Å². The summed E-state index contributed by atoms with van der Waals surface area (Å²) in [5.41, 5.74) is 11.6. The van der Waals surface area contributed by atoms with Gasteiger partial charge in [0.2, 0.25) is 0 Å². The van der Waals surface area contributed by atoms with Crippen LogP contribution >= 0.6 is 0 Å². The summed E-state index contributed by atoms with van der Waals surface area (Å²) in [5, 5.41) is 0. The van der Waals surface area contributed by atoms with E-state index in [1.54, 1.807) is 11.1 Å². The zero-order chi connectivity index (χ0) is 22.1. The lowest BCUT2D eigenvalue weighted by Gasteiger charge is -2.19. The van der Waals surface area contributed by atoms with Crippen LogP contribution < -0.4 is 0 Å². The number of rotatable bonds is 7. The summed E-state index contributed by atoms with van der Waals surface area (Å²) >= 11 is 0. The SMILES string of the molecule is C=C(c1ccc(CC)cc1)C1CCC(c2ccc(-c3ccccc3C3CC3)cc2CC)C1. The highest BCUT2D eigenvalue weighted by Gasteiger charge is 2.30. The van der Waals surface area contributed by atoms with Crippen LogP contribution in [0, 0.1) is 5.92 Å². The molecule has 0 nitrogen and oxygen atoms in total. The Bertz CT molecular complexity index is 1100. The van der Waals surface area contributed by atoms with E-state index in [-0.39, 0.29) is 0 Å². The van der Waals surface area contributed by atoms with Gasteiger partial charge in [0, 0.05) is 0 Å². The quantitative estimate of drug-likeness (QED) is 0.358. The minimum atomic E-state index is 0.604. The fourth-order valence-electron chi connectivity index (χ4n) is 5.76. The summed E-state index contributed by atoms with van der Waals surface area (Å²) in [6.45, 7) is 9.05. The van der Waals surface area contributed by atoms with Gasteiger partial charge in [-0.3, -0.25) is 0 Å². The van der Waals surface area contributed by atoms with Gasteiger partial charge in [0.25, 0.3) is 0 Å². The van der Waals surface area contributed by atoms with E-state index in [2.05, 4.69) is 87.2 Å². The molecule has 0 amide bonds. The Morgan fingerprint density at radius 2 is 1.53 bits per heavy atom. The topological polar surface area (TPSA) is 0 Å². The molecule has 0 heteroatoms. The van der Waals surface area contributed by atoms with Gasteiger partial charge in [-0.25, -0.2) is 0 Å². The lowest BCUT2D eigenvalue weighted by Crippen LogP contribution is -2.02. The van der Waals surface area contributed by atoms with Crippen LogP contribution in [0.15, 0.2) is 73.3 Å². The van der Waals surface area contributed by atoms with Crippen molar-refractivity contribution < 1.29 is 0 Å². The molecular formula is C32H36. The third-order valence-corrected chi connectivity index (χ3v) is 7.91. The van der Waals surface area contributed by atoms with E-state index in [0.29, 0.717) is 11.8 Å². The van der Waals surface area contributed by atoms with Crippen LogP contribution in [0.1, 0.15) is 85.6 Å². The number of allylic oxidation sites excluding steroid dienone is 1. The van der Waals surface area contributed by atoms with E-state index in [0.717, 1.165) is 18.8 Å². The van der Waals surface area contributed by atoms with Crippen molar-refractivity contribution in [3.8, 4) is 11.1 Å². The minimum absolute atomic E-state index is 0.604. The zero-order valence-corrected chi connectivity index (χ0v) is 19.7. The van der Waals surface area contributed by atoms with E-state index >= 15 is 0 Å². The molecule has 5 rings (SSSR count). The third kappa shape index (κ3) is 4.20. The van der Waals surface area contributed by atoms with Gasteiger partial charge in [-0.1, -0.05) is 87.2 Å². The Labute approximate surface area is 194 Å². The predicted molar refractivity (Wildman–Crippen MR) is 138 cm³/mol. The van der Waals surface area contributed by atoms with Crippen LogP contribution in [0.4, 0.5) is 0 Å². The normalized spacial score (nSPS) is 20.4. The fourth-order valence-corrected chi connectivity index (χ4v) is 5.76. The van der Waals surface area contributed by atoms with Gasteiger partial charge in [0.05, 0.1) is 0 Å². The van der Waals surface area contributed by atoms with E-state index < -0.39 is 0 Å². The number of aryl methyl sites for hydroxylation is 2. The summed E-state index contributed by atoms with van der Waals surface area (Å²) in [5.74, 6) is 2.05. The molecule has 0 heterocycles. The van der Waals surface area contributed by atoms with Crippen molar-refractivity contribution in [3.63, 3.8) is 0 Å². The molecule has 2 saturated carbocycles. The van der Waals surface area contributed by atoms with Crippen molar-refractivity contribution in [1.29, 1.82) is 0 Å². The molecule has 0 N–H and O–H groups in total. The Morgan fingerprint density at radius 3 is 2.25 bits per heavy atom. The van der Waals surface area contributed by atoms with E-state index in [4.69, 9.17) is 0 Å². The van der Waals surface area contributed by atoms with Crippen molar-refractivity contribution in [2.24, 2.45) is 5.92 Å². The maximum Gasteiger partial charge on any atom is -0.0149 e. The van der Waals surface area contributed by atoms with Crippen LogP contribution in [-0.2, 0) is 12.8 Å². The second-order valence-corrected chi connectivity index (χ2v) is 9.91. The molecule has 3 aromatic rings. The molecule has 0 spiro atoms. The van der Waals surface area contributed by atoms with Crippen molar-refractivity contribution in [3.05, 3.63) is 101 Å². The van der Waals surface area contributed by atoms with Crippen LogP contribution in [-0.4, -0.2) is 0 Å². The van der Waals surface area contributed by atoms with Gasteiger partial charge in [-0.05, 0) is 107 Å². The molecule has 32 heavy (non-hydrogen) atoms. The van der Waals surface area contributed by atoms with Crippen LogP contribution in [0.25, 0.3) is 16.7 Å². The second kappa shape index (κ2) is 9.10. The molecule has 0 aliphatic heterocycles. The molecule has 0 radical (unpaired) electrons. The molecule has 2 aliphatic carbocycles. The Balaban J connectivity index is 1.35. The monoisotopic (exact) mass is 420 g/mol. The first-order valence-electron chi connectivity index (χ1n) is 12.7. The maximum atomic E-state index is 4.52. The van der Waals surface area contributed by atoms with Gasteiger partial charge in [-0.2, -0.15) is 0 Å². The molecule has 0 aromatic heterocycles. The summed E-state index contributed by atoms with van der Waals surface area (Å²) in [6, 6.07) is 25.5. The molecule has 164 valence electrons. The fraction of sp³-hybridized carbons (Fsp3) is 0.375. The summed E-state index contributed by atoms with van der Waals surface area (Å²) in [6.07, 6.45) is 8.68. The van der Waals surface area contributed by atoms with Crippen molar-refractivity contribution in [2.75, 3.05) is 0 Å². The number of hydrogen-bond donors (Lipinski definition) is 0. The molecule has 0 saturated heterocycles. The smallest absolute Gasteiger partial charge is 0.0149 e. The van der Waals surface area contributed by atoms with Crippen molar-refractivity contribution in [2.45, 2.75) is 70.6 Å². The zero-order valence-electron chi connectivity index (χ0n) is 19.7. The minimum Gasteiger partial charge on any atom is -0.0950 e. The standard InChI is InChI=1S/C32H36/c1-4-23-10-12-25(13-11-23)22(3)27-16-17-28(21-27)30-19-18-29(20-24(30)5-2)32-9-7-6-8-31(32)26-14-15-26/h6-13,18-20,26-28H,3-5,14-17,21H2,1-2H3. The van der Waals surface area contributed by atoms with E-state index in [1.165, 1.54) is 65.5 Å². The summed E-state index contributed by atoms with van der Waals surface area (Å²) in [7, 11) is 0. The highest BCUT2D eigenvalue weighted by atomic mass is 14.3. The van der Waals surface area contributed by atoms with Crippen LogP contribution in [0.3, 0.4) is 0 Å². The Kier molecular flexibility index (Phi) is 6.05. The average Bonchev–Trinajstić information content (AvgIpc) is 3.59. The third-order valence-electron chi connectivity index (χ3n) is 7.91. The van der Waals surface area contributed by atoms with E-state index in [1.807, 2.05) is 0 Å². The average molecular weight is 421 g/mol. The lowest BCUT2D eigenvalue weighted by atomic mass is 9.86. The number of benzene rings is 3. The predicted octanol–water partition coefficient (Wildman–Crippen LogP) is 8.95. The highest BCUT2D eigenvalue weighted by molar-refractivity contribution is 5.70. The van der Waals surface area contributed by atoms with Gasteiger partial charge in [-0.15, -0.1) is 0 Å². The highest BCUT2D eigenvalue weighted by Crippen LogP contribution is 2.47. The largest absolute Gasteiger partial charge is 0.0950 e. The molecule has 2 atom stereocenters. The maximum absolute atomic E-state index is 4.52. The van der Waals surface area contributed by atoms with Crippen molar-refractivity contribution in [1.82, 2.24) is 0 Å². The van der Waals surface area contributed by atoms with Crippen LogP contribution in [0.5, 0.6) is 0 Å². The van der Waals surface area contributed by atoms with E-state index in [9.17, 15) is 0 Å². The molecule has 2 unspecified atom stereocenters. The van der Waals surface area contributed by atoms with Gasteiger partial charge >= 0.3 is 0 Å². The second-order valence-electron chi connectivity index (χ2n) is 9.91. The lowest BCUT2D eigenvalue weighted by molar-refractivity contribution is 0.670. The first kappa shape index (κ1) is 21.3. The molecule has 2 aliphatic rings.